The highest BCUT2D eigenvalue weighted by molar-refractivity contribution is 5.30. The van der Waals surface area contributed by atoms with Crippen molar-refractivity contribution in [1.82, 2.24) is 14.3 Å². The standard InChI is InChI=1S/C19H19N3O4/c1-25-16-10-8-14(9-11-16)12-13-21-18(23)17(26-2)20-22(19(21)24)15-6-4-3-5-7-15/h3-11H,12-13H2,1-2H3. The first kappa shape index (κ1) is 17.5. The Morgan fingerprint density at radius 1 is 0.923 bits per heavy atom. The number of rotatable bonds is 6. The molecule has 0 amide bonds. The highest BCUT2D eigenvalue weighted by Crippen LogP contribution is 2.12. The van der Waals surface area contributed by atoms with E-state index in [9.17, 15) is 9.59 Å². The Labute approximate surface area is 150 Å². The van der Waals surface area contributed by atoms with Crippen LogP contribution in [0.3, 0.4) is 0 Å². The van der Waals surface area contributed by atoms with Crippen LogP contribution in [0.15, 0.2) is 64.2 Å². The van der Waals surface area contributed by atoms with Crippen molar-refractivity contribution in [1.29, 1.82) is 0 Å². The number of methoxy groups -OCH3 is 2. The summed E-state index contributed by atoms with van der Waals surface area (Å²) in [5, 5.41) is 4.03. The summed E-state index contributed by atoms with van der Waals surface area (Å²) in [5.41, 5.74) is 0.502. The van der Waals surface area contributed by atoms with E-state index in [0.717, 1.165) is 15.9 Å². The van der Waals surface area contributed by atoms with Crippen molar-refractivity contribution < 1.29 is 9.47 Å². The van der Waals surface area contributed by atoms with Gasteiger partial charge in [0.15, 0.2) is 0 Å². The molecule has 3 rings (SSSR count). The van der Waals surface area contributed by atoms with Gasteiger partial charge in [-0.1, -0.05) is 30.3 Å². The molecule has 0 radical (unpaired) electrons. The van der Waals surface area contributed by atoms with E-state index in [1.54, 1.807) is 31.4 Å². The molecular formula is C19H19N3O4. The lowest BCUT2D eigenvalue weighted by atomic mass is 10.1. The minimum absolute atomic E-state index is 0.122. The molecule has 1 aromatic heterocycles. The van der Waals surface area contributed by atoms with E-state index in [-0.39, 0.29) is 12.4 Å². The van der Waals surface area contributed by atoms with Crippen LogP contribution in [0.1, 0.15) is 5.56 Å². The fourth-order valence-corrected chi connectivity index (χ4v) is 2.59. The third-order valence-electron chi connectivity index (χ3n) is 4.01. The minimum Gasteiger partial charge on any atom is -0.497 e. The molecule has 0 aliphatic rings. The second-order valence-electron chi connectivity index (χ2n) is 5.59. The molecule has 1 heterocycles. The van der Waals surface area contributed by atoms with Crippen molar-refractivity contribution in [2.45, 2.75) is 13.0 Å². The maximum absolute atomic E-state index is 12.8. The fourth-order valence-electron chi connectivity index (χ4n) is 2.59. The summed E-state index contributed by atoms with van der Waals surface area (Å²) in [6, 6.07) is 16.4. The van der Waals surface area contributed by atoms with Crippen molar-refractivity contribution >= 4 is 0 Å². The molecule has 0 fully saturated rings. The van der Waals surface area contributed by atoms with Crippen molar-refractivity contribution in [3.05, 3.63) is 81.0 Å². The lowest BCUT2D eigenvalue weighted by Gasteiger charge is -2.11. The van der Waals surface area contributed by atoms with E-state index in [4.69, 9.17) is 9.47 Å². The summed E-state index contributed by atoms with van der Waals surface area (Å²) in [7, 11) is 2.96. The minimum atomic E-state index is -0.543. The van der Waals surface area contributed by atoms with Crippen LogP contribution in [0.25, 0.3) is 5.69 Å². The smallest absolute Gasteiger partial charge is 0.352 e. The Kier molecular flexibility index (Phi) is 5.17. The summed E-state index contributed by atoms with van der Waals surface area (Å²) in [5.74, 6) is 0.631. The van der Waals surface area contributed by atoms with Crippen molar-refractivity contribution in [3.8, 4) is 17.3 Å². The lowest BCUT2D eigenvalue weighted by Crippen LogP contribution is -2.41. The highest BCUT2D eigenvalue weighted by atomic mass is 16.5. The molecule has 2 aromatic carbocycles. The molecule has 134 valence electrons. The first-order valence-corrected chi connectivity index (χ1v) is 8.10. The predicted octanol–water partition coefficient (Wildman–Crippen LogP) is 1.65. The molecule has 0 atom stereocenters. The molecule has 0 aliphatic heterocycles. The number of hydrogen-bond acceptors (Lipinski definition) is 5. The Morgan fingerprint density at radius 3 is 2.23 bits per heavy atom. The molecule has 0 saturated heterocycles. The van der Waals surface area contributed by atoms with Crippen LogP contribution in [0.4, 0.5) is 0 Å². The zero-order valence-corrected chi connectivity index (χ0v) is 14.6. The summed E-state index contributed by atoms with van der Waals surface area (Å²) in [4.78, 5) is 25.2. The van der Waals surface area contributed by atoms with Gasteiger partial charge in [-0.2, -0.15) is 4.68 Å². The van der Waals surface area contributed by atoms with E-state index in [0.29, 0.717) is 12.1 Å². The van der Waals surface area contributed by atoms with Crippen LogP contribution in [0.5, 0.6) is 11.6 Å². The highest BCUT2D eigenvalue weighted by Gasteiger charge is 2.14. The number of ether oxygens (including phenoxy) is 2. The molecule has 7 nitrogen and oxygen atoms in total. The van der Waals surface area contributed by atoms with Gasteiger partial charge in [-0.05, 0) is 36.2 Å². The van der Waals surface area contributed by atoms with Gasteiger partial charge in [0.05, 0.1) is 19.9 Å². The number of aryl methyl sites for hydroxylation is 1. The molecule has 0 spiro atoms. The van der Waals surface area contributed by atoms with E-state index < -0.39 is 11.2 Å². The molecule has 7 heteroatoms. The predicted molar refractivity (Wildman–Crippen MR) is 97.3 cm³/mol. The van der Waals surface area contributed by atoms with Gasteiger partial charge in [0.1, 0.15) is 5.75 Å². The van der Waals surface area contributed by atoms with Crippen molar-refractivity contribution in [2.24, 2.45) is 0 Å². The third kappa shape index (κ3) is 3.51. The number of hydrogen-bond donors (Lipinski definition) is 0. The molecular weight excluding hydrogens is 334 g/mol. The fraction of sp³-hybridized carbons (Fsp3) is 0.211. The van der Waals surface area contributed by atoms with E-state index in [2.05, 4.69) is 5.10 Å². The topological polar surface area (TPSA) is 75.3 Å². The average Bonchev–Trinajstić information content (AvgIpc) is 2.69. The van der Waals surface area contributed by atoms with E-state index in [1.807, 2.05) is 30.3 Å². The molecule has 26 heavy (non-hydrogen) atoms. The Morgan fingerprint density at radius 2 is 1.62 bits per heavy atom. The Balaban J connectivity index is 1.97. The SMILES string of the molecule is COc1ccc(CCn2c(=O)c(OC)nn(-c3ccccc3)c2=O)cc1. The third-order valence-corrected chi connectivity index (χ3v) is 4.01. The van der Waals surface area contributed by atoms with Gasteiger partial charge >= 0.3 is 11.2 Å². The molecule has 0 unspecified atom stereocenters. The monoisotopic (exact) mass is 353 g/mol. The van der Waals surface area contributed by atoms with Crippen LogP contribution >= 0.6 is 0 Å². The first-order chi connectivity index (χ1) is 12.6. The zero-order chi connectivity index (χ0) is 18.5. The second-order valence-corrected chi connectivity index (χ2v) is 5.59. The van der Waals surface area contributed by atoms with E-state index in [1.165, 1.54) is 11.8 Å². The van der Waals surface area contributed by atoms with Crippen LogP contribution in [-0.4, -0.2) is 28.6 Å². The second kappa shape index (κ2) is 7.69. The Bertz CT molecular complexity index is 992. The largest absolute Gasteiger partial charge is 0.497 e. The lowest BCUT2D eigenvalue weighted by molar-refractivity contribution is 0.365. The Hall–Kier alpha value is -3.35. The van der Waals surface area contributed by atoms with Gasteiger partial charge in [0.2, 0.25) is 0 Å². The first-order valence-electron chi connectivity index (χ1n) is 8.10. The summed E-state index contributed by atoms with van der Waals surface area (Å²) >= 11 is 0. The van der Waals surface area contributed by atoms with Gasteiger partial charge in [-0.25, -0.2) is 4.79 Å². The van der Waals surface area contributed by atoms with Crippen molar-refractivity contribution in [3.63, 3.8) is 0 Å². The van der Waals surface area contributed by atoms with Gasteiger partial charge in [-0.15, -0.1) is 5.10 Å². The molecule has 0 N–H and O–H groups in total. The van der Waals surface area contributed by atoms with Crippen LogP contribution < -0.4 is 20.7 Å². The summed E-state index contributed by atoms with van der Waals surface area (Å²) in [6.45, 7) is 0.218. The maximum atomic E-state index is 12.8. The van der Waals surface area contributed by atoms with Crippen LogP contribution in [0.2, 0.25) is 0 Å². The molecule has 0 bridgehead atoms. The number of aromatic nitrogens is 3. The van der Waals surface area contributed by atoms with Crippen molar-refractivity contribution in [2.75, 3.05) is 14.2 Å². The van der Waals surface area contributed by atoms with Gasteiger partial charge in [0, 0.05) is 6.54 Å². The van der Waals surface area contributed by atoms with Gasteiger partial charge in [-0.3, -0.25) is 9.36 Å². The quantitative estimate of drug-likeness (QED) is 0.674. The van der Waals surface area contributed by atoms with E-state index >= 15 is 0 Å². The maximum Gasteiger partial charge on any atom is 0.352 e. The number of para-hydroxylation sites is 1. The molecule has 0 aliphatic carbocycles. The van der Waals surface area contributed by atoms with Gasteiger partial charge < -0.3 is 9.47 Å². The summed E-state index contributed by atoms with van der Waals surface area (Å²) < 4.78 is 12.5. The van der Waals surface area contributed by atoms with Gasteiger partial charge in [0.25, 0.3) is 5.88 Å². The zero-order valence-electron chi connectivity index (χ0n) is 14.6. The normalized spacial score (nSPS) is 10.5. The molecule has 3 aromatic rings. The number of nitrogens with zero attached hydrogens (tertiary/aromatic N) is 3. The number of benzene rings is 2. The summed E-state index contributed by atoms with van der Waals surface area (Å²) in [6.07, 6.45) is 0.515. The van der Waals surface area contributed by atoms with Crippen LogP contribution in [-0.2, 0) is 13.0 Å². The average molecular weight is 353 g/mol. The molecule has 0 saturated carbocycles. The van der Waals surface area contributed by atoms with Crippen LogP contribution in [0, 0.1) is 0 Å².